The van der Waals surface area contributed by atoms with Crippen molar-refractivity contribution in [1.82, 2.24) is 39.2 Å². The van der Waals surface area contributed by atoms with E-state index in [9.17, 15) is 0 Å². The van der Waals surface area contributed by atoms with Gasteiger partial charge in [-0.2, -0.15) is 0 Å². The number of nitrogens with zero attached hydrogens (tertiary/aromatic N) is 8. The Morgan fingerprint density at radius 2 is 0.846 bits per heavy atom. The summed E-state index contributed by atoms with van der Waals surface area (Å²) in [7, 11) is 0. The van der Waals surface area contributed by atoms with E-state index in [0.717, 1.165) is 104 Å². The van der Waals surface area contributed by atoms with Crippen LogP contribution >= 0.6 is 11.8 Å². The van der Waals surface area contributed by atoms with Crippen LogP contribution in [0.15, 0.2) is 12.2 Å². The van der Waals surface area contributed by atoms with Crippen molar-refractivity contribution in [3.8, 4) is 0 Å². The number of ether oxygens (including phenoxy) is 1. The average Bonchev–Trinajstić information content (AvgIpc) is 1.57. The molecule has 12 atom stereocenters. The summed E-state index contributed by atoms with van der Waals surface area (Å²) >= 11 is 2.07. The Morgan fingerprint density at radius 1 is 0.375 bits per heavy atom. The summed E-state index contributed by atoms with van der Waals surface area (Å²) < 4.78 is 5.55. The molecule has 8 heterocycles. The van der Waals surface area contributed by atoms with E-state index in [-0.39, 0.29) is 11.1 Å². The molecule has 0 aromatic carbocycles. The molecule has 0 bridgehead atoms. The largest absolute Gasteiger partial charge is 0.364 e. The van der Waals surface area contributed by atoms with Crippen molar-refractivity contribution >= 4 is 11.8 Å². The SMILES string of the molecule is CC(C)(C)C1C=CCN1C(C)(C)C.CC(C)(C)C1CC2CCCC2N1C(C)(C)C.CC(C)(C)C1CCCCN1C(C)(C)C.CC(C)(C)C1CCN1C(C)(C)C.CC(C)(C)C1COCN1C(C)(C)C.CC(C)(C)C1CSCN1C(C)(C)C.CC(C)[C@@H]1CCCN1C(C)C.CC(C)[C@@H]1[C@H]2C[C@H]2CN1C(C)C. The van der Waals surface area contributed by atoms with Crippen LogP contribution in [0.5, 0.6) is 0 Å². The lowest BCUT2D eigenvalue weighted by atomic mass is 9.76. The second-order valence-electron chi connectivity index (χ2n) is 48.3. The first-order chi connectivity index (χ1) is 46.6. The number of piperidine rings is 2. The lowest BCUT2D eigenvalue weighted by Crippen LogP contribution is -2.61. The normalized spacial score (nSPS) is 29.8. The van der Waals surface area contributed by atoms with Crippen LogP contribution < -0.4 is 0 Å². The fourth-order valence-electron chi connectivity index (χ4n) is 19.5. The van der Waals surface area contributed by atoms with E-state index in [1.807, 2.05) is 0 Å². The molecule has 10 aliphatic rings. The molecule has 0 radical (unpaired) electrons. The fraction of sp³-hybridized carbons (Fsp3) is 0.979. The first kappa shape index (κ1) is 97.9. The molecule has 0 aromatic heterocycles. The van der Waals surface area contributed by atoms with Crippen LogP contribution in [0.2, 0.25) is 0 Å². The third-order valence-corrected chi connectivity index (χ3v) is 26.4. The highest BCUT2D eigenvalue weighted by molar-refractivity contribution is 7.99. The predicted octanol–water partition coefficient (Wildman–Crippen LogP) is 24.3. The second kappa shape index (κ2) is 37.8. The van der Waals surface area contributed by atoms with Crippen LogP contribution in [0, 0.1) is 62.1 Å². The highest BCUT2D eigenvalue weighted by Gasteiger charge is 2.54. The molecule has 2 aliphatic carbocycles. The zero-order valence-corrected chi connectivity index (χ0v) is 79.7. The standard InChI is InChI=1S/C15H29N.C13H27N.C12H23N.C11H23NO.C11H23NS.C11H21N.C11H23N.C10H21N/c1-14(2,3)13-10-11-8-7-9-12(11)16(13)15(4,5)6;1-12(2,3)11-9-7-8-10-14(11)13(4,5)6;1-11(2,3)10-8-7-9-13(10)12(4,5)6;2*1-10(2,3)9-7-13-8-12(9)11(4,5)6;1-7(2)11-10-5-9(10)6-12(11)8(3)4;1-10(2,3)9-7-8-12(9)11(4,5)6;1-8(2)10-6-5-7-11(10)9(3)4/h11-13H,7-10H2,1-6H3;11H,7-10H2,1-6H3;7-8,10H,9H2,1-6H3;2*9H,7-8H2,1-6H3;7-11H,5-6H2,1-4H3;9H,7-8H2,1-6H3;8-10H,5-7H2,1-4H3/t;;;;;9-,10-,11+;;10-/m.....0.0/s1. The van der Waals surface area contributed by atoms with Gasteiger partial charge in [-0.1, -0.05) is 177 Å². The van der Waals surface area contributed by atoms with Gasteiger partial charge in [0.15, 0.2) is 0 Å². The molecular weight excluding hydrogens is 1290 g/mol. The lowest BCUT2D eigenvalue weighted by Gasteiger charge is -2.55. The van der Waals surface area contributed by atoms with Crippen LogP contribution in [0.1, 0.15) is 375 Å². The van der Waals surface area contributed by atoms with Gasteiger partial charge >= 0.3 is 0 Å². The minimum Gasteiger partial charge on any atom is -0.364 e. The van der Waals surface area contributed by atoms with E-state index < -0.39 is 0 Å². The molecule has 104 heavy (non-hydrogen) atoms. The van der Waals surface area contributed by atoms with Crippen molar-refractivity contribution in [3.05, 3.63) is 12.2 Å². The maximum absolute atomic E-state index is 5.55. The molecule has 10 rings (SSSR count). The van der Waals surface area contributed by atoms with Crippen molar-refractivity contribution in [3.63, 3.8) is 0 Å². The first-order valence-electron chi connectivity index (χ1n) is 43.5. The third kappa shape index (κ3) is 29.3. The van der Waals surface area contributed by atoms with Crippen LogP contribution in [0.25, 0.3) is 0 Å². The van der Waals surface area contributed by atoms with Gasteiger partial charge in [-0.3, -0.25) is 39.2 Å². The Kier molecular flexibility index (Phi) is 35.6. The Bertz CT molecular complexity index is 2310. The van der Waals surface area contributed by atoms with Gasteiger partial charge in [0, 0.05) is 131 Å². The summed E-state index contributed by atoms with van der Waals surface area (Å²) in [5.74, 6) is 7.30. The van der Waals surface area contributed by atoms with Crippen molar-refractivity contribution in [1.29, 1.82) is 0 Å². The van der Waals surface area contributed by atoms with Gasteiger partial charge in [0.05, 0.1) is 13.3 Å². The van der Waals surface area contributed by atoms with Crippen LogP contribution in [0.4, 0.5) is 0 Å². The van der Waals surface area contributed by atoms with E-state index >= 15 is 0 Å². The minimum atomic E-state index is 0.217. The van der Waals surface area contributed by atoms with Crippen molar-refractivity contribution in [2.24, 2.45) is 62.1 Å². The summed E-state index contributed by atoms with van der Waals surface area (Å²) in [6.07, 6.45) is 20.3. The summed E-state index contributed by atoms with van der Waals surface area (Å²) in [6, 6.07) is 8.33. The van der Waals surface area contributed by atoms with Crippen molar-refractivity contribution in [2.45, 2.75) is 475 Å². The highest BCUT2D eigenvalue weighted by Crippen LogP contribution is 2.53. The fourth-order valence-corrected chi connectivity index (χ4v) is 21.3. The second-order valence-corrected chi connectivity index (χ2v) is 49.3. The van der Waals surface area contributed by atoms with E-state index in [1.54, 1.807) is 0 Å². The maximum atomic E-state index is 5.55. The molecule has 8 aliphatic heterocycles. The Hall–Kier alpha value is -0.270. The number of likely N-dealkylation sites (tertiary alicyclic amines) is 5. The maximum Gasteiger partial charge on any atom is 0.0998 e. The molecule has 618 valence electrons. The molecule has 9 fully saturated rings. The molecule has 9 nitrogen and oxygen atoms in total. The van der Waals surface area contributed by atoms with Crippen molar-refractivity contribution < 1.29 is 4.74 Å². The molecule has 2 saturated carbocycles. The number of hydrogen-bond acceptors (Lipinski definition) is 10. The Morgan fingerprint density at radius 3 is 1.18 bits per heavy atom. The Balaban J connectivity index is 0.000000309. The minimum absolute atomic E-state index is 0.217. The molecule has 0 N–H and O–H groups in total. The van der Waals surface area contributed by atoms with Gasteiger partial charge in [0.25, 0.3) is 0 Å². The summed E-state index contributed by atoms with van der Waals surface area (Å²) in [5.41, 5.74) is 4.21. The van der Waals surface area contributed by atoms with Crippen molar-refractivity contribution in [2.75, 3.05) is 57.7 Å². The third-order valence-electron chi connectivity index (χ3n) is 25.4. The number of thioether (sulfide) groups is 1. The van der Waals surface area contributed by atoms with E-state index in [1.165, 1.54) is 108 Å². The molecule has 7 saturated heterocycles. The summed E-state index contributed by atoms with van der Waals surface area (Å²) in [5, 5.41) is 0. The van der Waals surface area contributed by atoms with E-state index in [4.69, 9.17) is 4.74 Å². The molecule has 8 unspecified atom stereocenters. The van der Waals surface area contributed by atoms with Gasteiger partial charge in [-0.05, 0) is 285 Å². The van der Waals surface area contributed by atoms with Gasteiger partial charge < -0.3 is 4.74 Å². The highest BCUT2D eigenvalue weighted by atomic mass is 32.2. The van der Waals surface area contributed by atoms with Gasteiger partial charge in [-0.15, -0.1) is 11.8 Å². The van der Waals surface area contributed by atoms with Crippen LogP contribution in [-0.2, 0) is 4.74 Å². The molecule has 10 heteroatoms. The molecular formula is C94H190N8OS. The Labute approximate surface area is 658 Å². The van der Waals surface area contributed by atoms with Gasteiger partial charge in [-0.25, -0.2) is 0 Å². The van der Waals surface area contributed by atoms with E-state index in [2.05, 4.69) is 368 Å². The molecule has 0 spiro atoms. The number of hydrogen-bond donors (Lipinski definition) is 0. The molecule has 0 aromatic rings. The predicted molar refractivity (Wildman–Crippen MR) is 467 cm³/mol. The summed E-state index contributed by atoms with van der Waals surface area (Å²) in [4.78, 5) is 21.2. The lowest BCUT2D eigenvalue weighted by molar-refractivity contribution is -0.0530. The summed E-state index contributed by atoms with van der Waals surface area (Å²) in [6.45, 7) is 111. The zero-order chi connectivity index (χ0) is 80.8. The van der Waals surface area contributed by atoms with Gasteiger partial charge in [0.1, 0.15) is 0 Å². The van der Waals surface area contributed by atoms with Crippen LogP contribution in [-0.4, -0.2) is 197 Å². The molecule has 0 amide bonds. The van der Waals surface area contributed by atoms with Crippen LogP contribution in [0.3, 0.4) is 0 Å². The zero-order valence-electron chi connectivity index (χ0n) is 78.9. The number of rotatable bonds is 4. The monoisotopic (exact) mass is 1480 g/mol. The topological polar surface area (TPSA) is 35.2 Å². The van der Waals surface area contributed by atoms with Gasteiger partial charge in [0.2, 0.25) is 0 Å². The average molecular weight is 1480 g/mol. The van der Waals surface area contributed by atoms with E-state index in [0.29, 0.717) is 66.7 Å². The first-order valence-corrected chi connectivity index (χ1v) is 44.7. The quantitative estimate of drug-likeness (QED) is 0.254. The number of fused-ring (bicyclic) bond motifs is 2. The smallest absolute Gasteiger partial charge is 0.0998 e.